The van der Waals surface area contributed by atoms with E-state index in [1.165, 1.54) is 24.3 Å². The van der Waals surface area contributed by atoms with Crippen molar-refractivity contribution < 1.29 is 17.6 Å². The average molecular weight is 351 g/mol. The van der Waals surface area contributed by atoms with Gasteiger partial charge in [0.2, 0.25) is 4.34 Å². The fraction of sp³-hybridized carbons (Fsp3) is 0. The second-order valence-electron chi connectivity index (χ2n) is 4.67. The number of benzene rings is 2. The van der Waals surface area contributed by atoms with Gasteiger partial charge in [0, 0.05) is 11.3 Å². The van der Waals surface area contributed by atoms with E-state index in [1.54, 1.807) is 18.2 Å². The molecule has 9 heteroatoms. The highest BCUT2D eigenvalue weighted by atomic mass is 32.2. The highest BCUT2D eigenvalue weighted by Gasteiger charge is 2.15. The van der Waals surface area contributed by atoms with Crippen LogP contribution >= 0.6 is 11.3 Å². The monoisotopic (exact) mass is 351 g/mol. The Hall–Kier alpha value is -2.36. The predicted octanol–water partition coefficient (Wildman–Crippen LogP) is 2.34. The minimum Gasteiger partial charge on any atom is -0.322 e. The van der Waals surface area contributed by atoms with Crippen molar-refractivity contribution in [1.29, 1.82) is 0 Å². The second kappa shape index (κ2) is 5.69. The molecule has 23 heavy (non-hydrogen) atoms. The summed E-state index contributed by atoms with van der Waals surface area (Å²) in [5.74, 6) is -0.830. The molecule has 6 nitrogen and oxygen atoms in total. The molecule has 0 unspecified atom stereocenters. The largest absolute Gasteiger partial charge is 0.322 e. The van der Waals surface area contributed by atoms with E-state index in [4.69, 9.17) is 5.14 Å². The lowest BCUT2D eigenvalue weighted by molar-refractivity contribution is 0.102. The van der Waals surface area contributed by atoms with Crippen molar-refractivity contribution in [1.82, 2.24) is 4.98 Å². The summed E-state index contributed by atoms with van der Waals surface area (Å²) >= 11 is 0.918. The minimum atomic E-state index is -3.86. The third kappa shape index (κ3) is 3.36. The molecule has 0 aliphatic rings. The molecule has 0 aliphatic carbocycles. The molecule has 0 atom stereocenters. The number of primary sulfonamides is 1. The lowest BCUT2D eigenvalue weighted by atomic mass is 10.2. The molecular weight excluding hydrogens is 341 g/mol. The van der Waals surface area contributed by atoms with Crippen molar-refractivity contribution in [3.63, 3.8) is 0 Å². The van der Waals surface area contributed by atoms with Gasteiger partial charge in [-0.2, -0.15) is 0 Å². The molecule has 1 heterocycles. The van der Waals surface area contributed by atoms with Gasteiger partial charge in [-0.05, 0) is 42.5 Å². The number of nitrogens with one attached hydrogen (secondary N) is 1. The quantitative estimate of drug-likeness (QED) is 0.756. The first-order valence-corrected chi connectivity index (χ1v) is 8.69. The molecular formula is C14H10FN3O3S2. The van der Waals surface area contributed by atoms with Crippen LogP contribution in [-0.2, 0) is 10.0 Å². The van der Waals surface area contributed by atoms with Gasteiger partial charge in [-0.25, -0.2) is 22.9 Å². The van der Waals surface area contributed by atoms with E-state index < -0.39 is 21.7 Å². The van der Waals surface area contributed by atoms with E-state index in [0.29, 0.717) is 21.5 Å². The van der Waals surface area contributed by atoms with Gasteiger partial charge in [0.1, 0.15) is 5.82 Å². The predicted molar refractivity (Wildman–Crippen MR) is 85.3 cm³/mol. The third-order valence-corrected chi connectivity index (χ3v) is 5.31. The van der Waals surface area contributed by atoms with Gasteiger partial charge in [-0.1, -0.05) is 0 Å². The van der Waals surface area contributed by atoms with Crippen LogP contribution in [0.2, 0.25) is 0 Å². The van der Waals surface area contributed by atoms with E-state index >= 15 is 0 Å². The van der Waals surface area contributed by atoms with Gasteiger partial charge >= 0.3 is 0 Å². The Bertz CT molecular complexity index is 998. The van der Waals surface area contributed by atoms with E-state index in [1.807, 2.05) is 0 Å². The van der Waals surface area contributed by atoms with Crippen molar-refractivity contribution in [2.45, 2.75) is 4.34 Å². The van der Waals surface area contributed by atoms with Gasteiger partial charge in [-0.3, -0.25) is 4.79 Å². The number of nitrogens with two attached hydrogens (primary N) is 1. The zero-order valence-corrected chi connectivity index (χ0v) is 13.1. The van der Waals surface area contributed by atoms with Crippen LogP contribution in [0.15, 0.2) is 46.8 Å². The van der Waals surface area contributed by atoms with Gasteiger partial charge in [0.15, 0.2) is 0 Å². The number of nitrogens with zero attached hydrogens (tertiary/aromatic N) is 1. The van der Waals surface area contributed by atoms with E-state index in [0.717, 1.165) is 11.3 Å². The highest BCUT2D eigenvalue weighted by Crippen LogP contribution is 2.27. The molecule has 3 N–H and O–H groups in total. The lowest BCUT2D eigenvalue weighted by Crippen LogP contribution is -2.11. The van der Waals surface area contributed by atoms with Gasteiger partial charge < -0.3 is 5.32 Å². The fourth-order valence-corrected chi connectivity index (χ4v) is 3.60. The molecule has 1 aromatic heterocycles. The molecule has 3 aromatic rings. The van der Waals surface area contributed by atoms with Crippen molar-refractivity contribution in [2.24, 2.45) is 5.14 Å². The van der Waals surface area contributed by atoms with E-state index in [-0.39, 0.29) is 4.34 Å². The van der Waals surface area contributed by atoms with Crippen LogP contribution in [0.3, 0.4) is 0 Å². The maximum absolute atomic E-state index is 12.9. The summed E-state index contributed by atoms with van der Waals surface area (Å²) < 4.78 is 35.8. The summed E-state index contributed by atoms with van der Waals surface area (Å²) in [5.41, 5.74) is 1.25. The SMILES string of the molecule is NS(=O)(=O)c1nc2ccc(NC(=O)c3ccc(F)cc3)cc2s1. The number of hydrogen-bond donors (Lipinski definition) is 2. The number of fused-ring (bicyclic) bond motifs is 1. The summed E-state index contributed by atoms with van der Waals surface area (Å²) in [6, 6.07) is 9.91. The Kier molecular flexibility index (Phi) is 3.84. The molecule has 0 fully saturated rings. The maximum Gasteiger partial charge on any atom is 0.265 e. The number of aromatic nitrogens is 1. The van der Waals surface area contributed by atoms with Crippen molar-refractivity contribution in [3.8, 4) is 0 Å². The number of carbonyl (C=O) groups is 1. The fourth-order valence-electron chi connectivity index (χ4n) is 1.91. The maximum atomic E-state index is 12.9. The molecule has 3 rings (SSSR count). The normalized spacial score (nSPS) is 11.6. The van der Waals surface area contributed by atoms with Crippen LogP contribution in [0.25, 0.3) is 10.2 Å². The third-order valence-electron chi connectivity index (χ3n) is 2.98. The molecule has 0 bridgehead atoms. The van der Waals surface area contributed by atoms with Crippen LogP contribution in [-0.4, -0.2) is 19.3 Å². The summed E-state index contributed by atoms with van der Waals surface area (Å²) in [6.45, 7) is 0. The topological polar surface area (TPSA) is 102 Å². The number of amides is 1. The molecule has 0 radical (unpaired) electrons. The Morgan fingerprint density at radius 1 is 1.17 bits per heavy atom. The van der Waals surface area contributed by atoms with E-state index in [9.17, 15) is 17.6 Å². The molecule has 1 amide bonds. The van der Waals surface area contributed by atoms with Gasteiger partial charge in [0.05, 0.1) is 10.2 Å². The van der Waals surface area contributed by atoms with Crippen LogP contribution in [0.4, 0.5) is 10.1 Å². The first kappa shape index (κ1) is 15.5. The number of sulfonamides is 1. The molecule has 118 valence electrons. The standard InChI is InChI=1S/C14H10FN3O3S2/c15-9-3-1-8(2-4-9)13(19)17-10-5-6-11-12(7-10)22-14(18-11)23(16,20)21/h1-7H,(H,17,19)(H2,16,20,21). The average Bonchev–Trinajstić information content (AvgIpc) is 2.91. The molecule has 0 saturated carbocycles. The van der Waals surface area contributed by atoms with Crippen LogP contribution in [0.5, 0.6) is 0 Å². The summed E-state index contributed by atoms with van der Waals surface area (Å²) in [6.07, 6.45) is 0. The Balaban J connectivity index is 1.88. The number of hydrogen-bond acceptors (Lipinski definition) is 5. The van der Waals surface area contributed by atoms with Crippen LogP contribution in [0, 0.1) is 5.82 Å². The Morgan fingerprint density at radius 3 is 2.52 bits per heavy atom. The van der Waals surface area contributed by atoms with Crippen molar-refractivity contribution in [2.75, 3.05) is 5.32 Å². The summed E-state index contributed by atoms with van der Waals surface area (Å²) in [4.78, 5) is 16.0. The smallest absolute Gasteiger partial charge is 0.265 e. The Morgan fingerprint density at radius 2 is 1.87 bits per heavy atom. The number of carbonyl (C=O) groups excluding carboxylic acids is 1. The van der Waals surface area contributed by atoms with Crippen molar-refractivity contribution >= 4 is 43.2 Å². The van der Waals surface area contributed by atoms with Gasteiger partial charge in [0.25, 0.3) is 15.9 Å². The minimum absolute atomic E-state index is 0.186. The highest BCUT2D eigenvalue weighted by molar-refractivity contribution is 7.91. The van der Waals surface area contributed by atoms with E-state index in [2.05, 4.69) is 10.3 Å². The zero-order valence-electron chi connectivity index (χ0n) is 11.5. The molecule has 0 spiro atoms. The van der Waals surface area contributed by atoms with Crippen molar-refractivity contribution in [3.05, 3.63) is 53.8 Å². The molecule has 0 saturated heterocycles. The number of thiazole rings is 1. The summed E-state index contributed by atoms with van der Waals surface area (Å²) in [7, 11) is -3.86. The number of anilines is 1. The zero-order chi connectivity index (χ0) is 16.6. The second-order valence-corrected chi connectivity index (χ2v) is 7.43. The summed E-state index contributed by atoms with van der Waals surface area (Å²) in [5, 5.41) is 7.70. The lowest BCUT2D eigenvalue weighted by Gasteiger charge is -2.05. The molecule has 0 aliphatic heterocycles. The first-order valence-electron chi connectivity index (χ1n) is 6.33. The molecule has 2 aromatic carbocycles. The Labute approximate surface area is 134 Å². The van der Waals surface area contributed by atoms with Crippen LogP contribution in [0.1, 0.15) is 10.4 Å². The first-order chi connectivity index (χ1) is 10.8. The van der Waals surface area contributed by atoms with Gasteiger partial charge in [-0.15, -0.1) is 11.3 Å². The number of rotatable bonds is 3. The number of halogens is 1. The van der Waals surface area contributed by atoms with Crippen LogP contribution < -0.4 is 10.5 Å².